The van der Waals surface area contributed by atoms with E-state index in [0.717, 1.165) is 5.56 Å². The molecule has 12 heavy (non-hydrogen) atoms. The predicted molar refractivity (Wildman–Crippen MR) is 50.4 cm³/mol. The fourth-order valence-electron chi connectivity index (χ4n) is 1.08. The average molecular weight is 226 g/mol. The molecule has 0 aliphatic heterocycles. The zero-order valence-electron chi connectivity index (χ0n) is 7.26. The Morgan fingerprint density at radius 3 is 2.50 bits per heavy atom. The SMILES string of the molecule is Cc1ccc(CC(=O)[Se])cc1C. The maximum absolute atomic E-state index is 10.8. The second-order valence-electron chi connectivity index (χ2n) is 2.97. The molecule has 63 valence electrons. The minimum atomic E-state index is 0.0956. The van der Waals surface area contributed by atoms with Crippen LogP contribution in [0, 0.1) is 13.8 Å². The molecule has 2 heteroatoms. The number of benzene rings is 1. The number of carbonyl (C=O) groups excluding carboxylic acids is 1. The summed E-state index contributed by atoms with van der Waals surface area (Å²) in [6, 6.07) is 6.11. The van der Waals surface area contributed by atoms with Crippen LogP contribution >= 0.6 is 0 Å². The molecule has 1 aromatic carbocycles. The standard InChI is InChI=1S/C10H11OSe/c1-7-3-4-9(5-8(7)2)6-10(11)12/h3-5H,6H2,1-2H3. The molecule has 0 N–H and O–H groups in total. The van der Waals surface area contributed by atoms with Gasteiger partial charge in [0.25, 0.3) is 0 Å². The Morgan fingerprint density at radius 1 is 1.33 bits per heavy atom. The van der Waals surface area contributed by atoms with Gasteiger partial charge in [-0.25, -0.2) is 0 Å². The molecule has 0 heterocycles. The summed E-state index contributed by atoms with van der Waals surface area (Å²) >= 11 is 2.48. The van der Waals surface area contributed by atoms with Crippen molar-refractivity contribution < 1.29 is 4.79 Å². The van der Waals surface area contributed by atoms with Crippen LogP contribution in [0.25, 0.3) is 0 Å². The molecule has 0 saturated carbocycles. The van der Waals surface area contributed by atoms with Crippen LogP contribution in [-0.2, 0) is 11.2 Å². The van der Waals surface area contributed by atoms with Gasteiger partial charge in [0.05, 0.1) is 0 Å². The zero-order chi connectivity index (χ0) is 9.14. The van der Waals surface area contributed by atoms with Crippen molar-refractivity contribution in [2.45, 2.75) is 20.3 Å². The third-order valence-electron chi connectivity index (χ3n) is 1.92. The first kappa shape index (κ1) is 9.50. The Bertz CT molecular complexity index is 305. The van der Waals surface area contributed by atoms with Crippen molar-refractivity contribution in [3.63, 3.8) is 0 Å². The van der Waals surface area contributed by atoms with Crippen LogP contribution in [0.4, 0.5) is 0 Å². The summed E-state index contributed by atoms with van der Waals surface area (Å²) < 4.78 is 0.0956. The van der Waals surface area contributed by atoms with Crippen LogP contribution in [-0.4, -0.2) is 20.7 Å². The van der Waals surface area contributed by atoms with Crippen LogP contribution < -0.4 is 0 Å². The van der Waals surface area contributed by atoms with Gasteiger partial charge in [0.1, 0.15) is 0 Å². The number of hydrogen-bond donors (Lipinski definition) is 0. The third-order valence-corrected chi connectivity index (χ3v) is 2.22. The van der Waals surface area contributed by atoms with Crippen LogP contribution in [0.1, 0.15) is 16.7 Å². The monoisotopic (exact) mass is 227 g/mol. The molecule has 0 unspecified atom stereocenters. The van der Waals surface area contributed by atoms with E-state index in [9.17, 15) is 4.79 Å². The van der Waals surface area contributed by atoms with Crippen molar-refractivity contribution in [3.05, 3.63) is 34.9 Å². The van der Waals surface area contributed by atoms with Gasteiger partial charge >= 0.3 is 80.6 Å². The van der Waals surface area contributed by atoms with E-state index in [1.165, 1.54) is 11.1 Å². The van der Waals surface area contributed by atoms with E-state index in [-0.39, 0.29) is 4.68 Å². The Labute approximate surface area is 81.0 Å². The van der Waals surface area contributed by atoms with Gasteiger partial charge in [-0.05, 0) is 0 Å². The molecular formula is C10H11OSe. The number of hydrogen-bond acceptors (Lipinski definition) is 1. The van der Waals surface area contributed by atoms with Gasteiger partial charge in [-0.2, -0.15) is 0 Å². The van der Waals surface area contributed by atoms with Crippen molar-refractivity contribution in [1.29, 1.82) is 0 Å². The summed E-state index contributed by atoms with van der Waals surface area (Å²) in [6.45, 7) is 4.13. The Balaban J connectivity index is 2.89. The summed E-state index contributed by atoms with van der Waals surface area (Å²) in [4.78, 5) is 10.8. The summed E-state index contributed by atoms with van der Waals surface area (Å²) in [6.07, 6.45) is 0.501. The van der Waals surface area contributed by atoms with Crippen LogP contribution in [0.3, 0.4) is 0 Å². The van der Waals surface area contributed by atoms with Gasteiger partial charge in [0.2, 0.25) is 0 Å². The van der Waals surface area contributed by atoms with Gasteiger partial charge in [-0.3, -0.25) is 0 Å². The molecule has 1 rings (SSSR count). The van der Waals surface area contributed by atoms with E-state index in [1.54, 1.807) is 0 Å². The Hall–Kier alpha value is -0.591. The maximum atomic E-state index is 10.8. The van der Waals surface area contributed by atoms with Crippen molar-refractivity contribution in [2.75, 3.05) is 0 Å². The zero-order valence-corrected chi connectivity index (χ0v) is 8.97. The Morgan fingerprint density at radius 2 is 2.00 bits per heavy atom. The molecule has 0 fully saturated rings. The molecule has 1 nitrogen and oxygen atoms in total. The van der Waals surface area contributed by atoms with E-state index in [4.69, 9.17) is 0 Å². The van der Waals surface area contributed by atoms with Crippen LogP contribution in [0.2, 0.25) is 0 Å². The van der Waals surface area contributed by atoms with Crippen molar-refractivity contribution in [3.8, 4) is 0 Å². The van der Waals surface area contributed by atoms with Gasteiger partial charge in [0.15, 0.2) is 0 Å². The predicted octanol–water partition coefficient (Wildman–Crippen LogP) is 1.54. The molecule has 0 saturated heterocycles. The molecule has 0 amide bonds. The quantitative estimate of drug-likeness (QED) is 0.699. The summed E-state index contributed by atoms with van der Waals surface area (Å²) in [7, 11) is 0. The first-order chi connectivity index (χ1) is 5.59. The molecule has 0 spiro atoms. The van der Waals surface area contributed by atoms with Crippen molar-refractivity contribution in [2.24, 2.45) is 0 Å². The normalized spacial score (nSPS) is 9.83. The second kappa shape index (κ2) is 3.88. The van der Waals surface area contributed by atoms with E-state index >= 15 is 0 Å². The van der Waals surface area contributed by atoms with Crippen molar-refractivity contribution >= 4 is 20.7 Å². The second-order valence-corrected chi connectivity index (χ2v) is 3.92. The topological polar surface area (TPSA) is 17.1 Å². The van der Waals surface area contributed by atoms with E-state index < -0.39 is 0 Å². The molecular weight excluding hydrogens is 215 g/mol. The summed E-state index contributed by atoms with van der Waals surface area (Å²) in [5.74, 6) is 0. The fraction of sp³-hybridized carbons (Fsp3) is 0.300. The molecule has 1 aromatic rings. The Kier molecular flexibility index (Phi) is 3.07. The first-order valence-electron chi connectivity index (χ1n) is 3.85. The fourth-order valence-corrected chi connectivity index (χ4v) is 1.43. The van der Waals surface area contributed by atoms with E-state index in [1.807, 2.05) is 12.1 Å². The van der Waals surface area contributed by atoms with Gasteiger partial charge in [-0.1, -0.05) is 0 Å². The minimum absolute atomic E-state index is 0.0956. The van der Waals surface area contributed by atoms with Crippen LogP contribution in [0.5, 0.6) is 0 Å². The molecule has 0 bridgehead atoms. The number of carbonyl (C=O) groups is 1. The van der Waals surface area contributed by atoms with Gasteiger partial charge in [-0.15, -0.1) is 0 Å². The van der Waals surface area contributed by atoms with E-state index in [0.29, 0.717) is 6.42 Å². The third kappa shape index (κ3) is 2.47. The molecule has 0 aromatic heterocycles. The van der Waals surface area contributed by atoms with E-state index in [2.05, 4.69) is 35.9 Å². The van der Waals surface area contributed by atoms with Crippen molar-refractivity contribution in [1.82, 2.24) is 0 Å². The molecule has 0 aliphatic carbocycles. The van der Waals surface area contributed by atoms with Gasteiger partial charge < -0.3 is 0 Å². The molecule has 0 aliphatic rings. The number of rotatable bonds is 2. The average Bonchev–Trinajstić information content (AvgIpc) is 1.96. The molecule has 0 atom stereocenters. The summed E-state index contributed by atoms with van der Waals surface area (Å²) in [5, 5.41) is 0. The van der Waals surface area contributed by atoms with Gasteiger partial charge in [0, 0.05) is 0 Å². The van der Waals surface area contributed by atoms with Crippen LogP contribution in [0.15, 0.2) is 18.2 Å². The first-order valence-corrected chi connectivity index (χ1v) is 4.71. The summed E-state index contributed by atoms with van der Waals surface area (Å²) in [5.41, 5.74) is 3.60. The molecule has 1 radical (unpaired) electrons. The number of aryl methyl sites for hydroxylation is 2.